The highest BCUT2D eigenvalue weighted by molar-refractivity contribution is 5.25. The van der Waals surface area contributed by atoms with Crippen LogP contribution in [0.3, 0.4) is 0 Å². The Balaban J connectivity index is 1.35. The van der Waals surface area contributed by atoms with Crippen molar-refractivity contribution in [2.24, 2.45) is 46.3 Å². The van der Waals surface area contributed by atoms with Gasteiger partial charge in [-0.1, -0.05) is 91.2 Å². The van der Waals surface area contributed by atoms with Gasteiger partial charge in [-0.05, 0) is 97.7 Å². The topological polar surface area (TPSA) is 20.2 Å². The molecule has 0 aromatic heterocycles. The van der Waals surface area contributed by atoms with Crippen LogP contribution in [0.15, 0.2) is 11.6 Å². The smallest absolute Gasteiger partial charge is 0.0577 e. The van der Waals surface area contributed by atoms with Gasteiger partial charge in [0.2, 0.25) is 0 Å². The summed E-state index contributed by atoms with van der Waals surface area (Å²) in [6.07, 6.45) is 22.9. The summed E-state index contributed by atoms with van der Waals surface area (Å²) < 4.78 is 0. The highest BCUT2D eigenvalue weighted by Crippen LogP contribution is 2.67. The molecule has 184 valence electrons. The van der Waals surface area contributed by atoms with Crippen molar-refractivity contribution >= 4 is 0 Å². The van der Waals surface area contributed by atoms with Crippen molar-refractivity contribution in [1.82, 2.24) is 0 Å². The standard InChI is InChI=1S/C31H54O/c1-6-7-8-10-22(2)11-9-12-23(3)27-15-16-28-26-14-13-24-21-25(32)17-19-30(24,4)29(26)18-20-31(27,28)5/h13,22-23,25-29,32H,6-12,14-21H2,1-5H3/t22?,23-,25+,26+,27-,28+,29+,30+,31-/m1/s1. The van der Waals surface area contributed by atoms with Gasteiger partial charge in [0.25, 0.3) is 0 Å². The van der Waals surface area contributed by atoms with E-state index in [1.807, 2.05) is 0 Å². The Morgan fingerprint density at radius 2 is 1.72 bits per heavy atom. The van der Waals surface area contributed by atoms with Gasteiger partial charge in [-0.25, -0.2) is 0 Å². The summed E-state index contributed by atoms with van der Waals surface area (Å²) in [5.74, 6) is 5.52. The predicted octanol–water partition coefficient (Wildman–Crippen LogP) is 8.95. The normalized spacial score (nSPS) is 43.1. The number of hydrogen-bond acceptors (Lipinski definition) is 1. The molecule has 9 atom stereocenters. The molecule has 32 heavy (non-hydrogen) atoms. The van der Waals surface area contributed by atoms with Crippen molar-refractivity contribution in [3.8, 4) is 0 Å². The van der Waals surface area contributed by atoms with Gasteiger partial charge >= 0.3 is 0 Å². The molecule has 0 aliphatic heterocycles. The van der Waals surface area contributed by atoms with Gasteiger partial charge < -0.3 is 5.11 Å². The van der Waals surface area contributed by atoms with E-state index in [0.29, 0.717) is 10.8 Å². The number of allylic oxidation sites excluding steroid dienone is 1. The zero-order valence-electron chi connectivity index (χ0n) is 22.2. The molecule has 0 aromatic rings. The van der Waals surface area contributed by atoms with Crippen LogP contribution in [0.1, 0.15) is 131 Å². The lowest BCUT2D eigenvalue weighted by atomic mass is 9.47. The molecule has 0 saturated heterocycles. The van der Waals surface area contributed by atoms with Gasteiger partial charge in [0.05, 0.1) is 6.10 Å². The maximum atomic E-state index is 10.3. The lowest BCUT2D eigenvalue weighted by Gasteiger charge is -2.58. The maximum Gasteiger partial charge on any atom is 0.0577 e. The molecule has 0 heterocycles. The number of rotatable bonds is 9. The second-order valence-corrected chi connectivity index (χ2v) is 13.4. The van der Waals surface area contributed by atoms with Crippen LogP contribution in [0.2, 0.25) is 0 Å². The van der Waals surface area contributed by atoms with Gasteiger partial charge in [0, 0.05) is 0 Å². The third kappa shape index (κ3) is 4.63. The summed E-state index contributed by atoms with van der Waals surface area (Å²) in [5.41, 5.74) is 2.60. The molecule has 1 N–H and O–H groups in total. The van der Waals surface area contributed by atoms with E-state index in [1.54, 1.807) is 5.57 Å². The minimum Gasteiger partial charge on any atom is -0.393 e. The van der Waals surface area contributed by atoms with Crippen molar-refractivity contribution in [3.05, 3.63) is 11.6 Å². The van der Waals surface area contributed by atoms with Crippen molar-refractivity contribution in [2.75, 3.05) is 0 Å². The SMILES string of the molecule is CCCCCC(C)CCC[C@@H](C)[C@H]1CC[C@H]2[C@@H]3CC=C4C[C@@H](O)CC[C@]4(C)[C@H]3CC[C@]12C. The van der Waals surface area contributed by atoms with E-state index >= 15 is 0 Å². The fraction of sp³-hybridized carbons (Fsp3) is 0.935. The van der Waals surface area contributed by atoms with E-state index in [-0.39, 0.29) is 6.10 Å². The Morgan fingerprint density at radius 3 is 2.50 bits per heavy atom. The van der Waals surface area contributed by atoms with E-state index < -0.39 is 0 Å². The summed E-state index contributed by atoms with van der Waals surface area (Å²) in [6.45, 7) is 12.7. The molecule has 0 amide bonds. The molecule has 0 radical (unpaired) electrons. The Hall–Kier alpha value is -0.300. The van der Waals surface area contributed by atoms with Crippen LogP contribution in [0.4, 0.5) is 0 Å². The van der Waals surface area contributed by atoms with E-state index in [1.165, 1.54) is 83.5 Å². The molecule has 3 saturated carbocycles. The number of unbranched alkanes of at least 4 members (excludes halogenated alkanes) is 2. The molecular formula is C31H54O. The van der Waals surface area contributed by atoms with Crippen LogP contribution in [0.5, 0.6) is 0 Å². The van der Waals surface area contributed by atoms with Crippen LogP contribution in [0, 0.1) is 46.3 Å². The monoisotopic (exact) mass is 442 g/mol. The minimum atomic E-state index is -0.0780. The summed E-state index contributed by atoms with van der Waals surface area (Å²) in [5, 5.41) is 10.3. The van der Waals surface area contributed by atoms with Gasteiger partial charge in [0.1, 0.15) is 0 Å². The van der Waals surface area contributed by atoms with E-state index in [4.69, 9.17) is 0 Å². The van der Waals surface area contributed by atoms with E-state index in [2.05, 4.69) is 40.7 Å². The van der Waals surface area contributed by atoms with E-state index in [0.717, 1.165) is 48.3 Å². The van der Waals surface area contributed by atoms with Gasteiger partial charge in [-0.3, -0.25) is 0 Å². The third-order valence-corrected chi connectivity index (χ3v) is 11.5. The van der Waals surface area contributed by atoms with Crippen molar-refractivity contribution in [3.63, 3.8) is 0 Å². The second kappa shape index (κ2) is 10.1. The molecule has 3 fully saturated rings. The average molecular weight is 443 g/mol. The molecule has 0 bridgehead atoms. The largest absolute Gasteiger partial charge is 0.393 e. The molecule has 4 aliphatic carbocycles. The molecule has 0 spiro atoms. The Morgan fingerprint density at radius 1 is 0.938 bits per heavy atom. The predicted molar refractivity (Wildman–Crippen MR) is 138 cm³/mol. The second-order valence-electron chi connectivity index (χ2n) is 13.4. The van der Waals surface area contributed by atoms with Crippen LogP contribution < -0.4 is 0 Å². The number of fused-ring (bicyclic) bond motifs is 5. The number of aliphatic hydroxyl groups is 1. The quantitative estimate of drug-likeness (QED) is 0.279. The number of hydrogen-bond donors (Lipinski definition) is 1. The molecule has 1 nitrogen and oxygen atoms in total. The Kier molecular flexibility index (Phi) is 7.86. The molecule has 0 aromatic carbocycles. The Bertz CT molecular complexity index is 651. The van der Waals surface area contributed by atoms with Crippen molar-refractivity contribution < 1.29 is 5.11 Å². The highest BCUT2D eigenvalue weighted by Gasteiger charge is 2.59. The minimum absolute atomic E-state index is 0.0780. The van der Waals surface area contributed by atoms with Gasteiger partial charge in [-0.2, -0.15) is 0 Å². The zero-order chi connectivity index (χ0) is 22.9. The lowest BCUT2D eigenvalue weighted by molar-refractivity contribution is -0.0573. The first-order valence-electron chi connectivity index (χ1n) is 14.7. The van der Waals surface area contributed by atoms with Crippen LogP contribution >= 0.6 is 0 Å². The third-order valence-electron chi connectivity index (χ3n) is 11.5. The summed E-state index contributed by atoms with van der Waals surface area (Å²) in [4.78, 5) is 0. The first kappa shape index (κ1) is 24.8. The van der Waals surface area contributed by atoms with Crippen LogP contribution in [0.25, 0.3) is 0 Å². The molecule has 4 aliphatic rings. The molecule has 4 rings (SSSR count). The summed E-state index contributed by atoms with van der Waals surface area (Å²) >= 11 is 0. The Labute approximate surface area is 200 Å². The van der Waals surface area contributed by atoms with Crippen LogP contribution in [-0.2, 0) is 0 Å². The summed E-state index contributed by atoms with van der Waals surface area (Å²) in [7, 11) is 0. The first-order chi connectivity index (χ1) is 15.3. The van der Waals surface area contributed by atoms with Gasteiger partial charge in [-0.15, -0.1) is 0 Å². The average Bonchev–Trinajstić information content (AvgIpc) is 3.11. The van der Waals surface area contributed by atoms with E-state index in [9.17, 15) is 5.11 Å². The van der Waals surface area contributed by atoms with Crippen LogP contribution in [-0.4, -0.2) is 11.2 Å². The fourth-order valence-corrected chi connectivity index (χ4v) is 9.49. The lowest BCUT2D eigenvalue weighted by Crippen LogP contribution is -2.50. The molecule has 1 heteroatoms. The van der Waals surface area contributed by atoms with Gasteiger partial charge in [0.15, 0.2) is 0 Å². The highest BCUT2D eigenvalue weighted by atomic mass is 16.3. The zero-order valence-corrected chi connectivity index (χ0v) is 22.2. The van der Waals surface area contributed by atoms with Crippen molar-refractivity contribution in [2.45, 2.75) is 137 Å². The maximum absolute atomic E-state index is 10.3. The number of aliphatic hydroxyl groups excluding tert-OH is 1. The molecular weight excluding hydrogens is 388 g/mol. The molecule has 1 unspecified atom stereocenters. The summed E-state index contributed by atoms with van der Waals surface area (Å²) in [6, 6.07) is 0. The van der Waals surface area contributed by atoms with Crippen molar-refractivity contribution in [1.29, 1.82) is 0 Å². The first-order valence-corrected chi connectivity index (χ1v) is 14.7. The fourth-order valence-electron chi connectivity index (χ4n) is 9.49.